The Morgan fingerprint density at radius 3 is 2.88 bits per heavy atom. The normalized spacial score (nSPS) is 23.7. The summed E-state index contributed by atoms with van der Waals surface area (Å²) in [5, 5.41) is 10.4. The topological polar surface area (TPSA) is 47.9 Å². The second-order valence-electron chi connectivity index (χ2n) is 7.75. The van der Waals surface area contributed by atoms with Gasteiger partial charge in [-0.25, -0.2) is 0 Å². The summed E-state index contributed by atoms with van der Waals surface area (Å²) in [6.45, 7) is 7.30. The number of ether oxygens (including phenoxy) is 3. The smallest absolute Gasteiger partial charge is 0.129 e. The molecular weight excluding hydrogens is 328 g/mol. The van der Waals surface area contributed by atoms with E-state index in [1.165, 1.54) is 5.57 Å². The molecule has 0 radical (unpaired) electrons. The van der Waals surface area contributed by atoms with Gasteiger partial charge in [0.1, 0.15) is 28.6 Å². The molecule has 0 bridgehead atoms. The second kappa shape index (κ2) is 6.42. The van der Waals surface area contributed by atoms with E-state index in [-0.39, 0.29) is 17.3 Å². The Bertz CT molecular complexity index is 813. The number of allylic oxidation sites excluding steroid dienone is 2. The summed E-state index contributed by atoms with van der Waals surface area (Å²) in [6.07, 6.45) is 7.00. The van der Waals surface area contributed by atoms with Crippen molar-refractivity contribution < 1.29 is 19.3 Å². The third kappa shape index (κ3) is 3.09. The monoisotopic (exact) mass is 354 g/mol. The maximum absolute atomic E-state index is 10.4. The van der Waals surface area contributed by atoms with E-state index in [1.807, 2.05) is 19.1 Å². The molecule has 1 atom stereocenters. The van der Waals surface area contributed by atoms with Crippen molar-refractivity contribution in [3.63, 3.8) is 0 Å². The third-order valence-corrected chi connectivity index (χ3v) is 5.22. The highest BCUT2D eigenvalue weighted by Crippen LogP contribution is 2.45. The van der Waals surface area contributed by atoms with Crippen LogP contribution in [0.2, 0.25) is 0 Å². The molecular formula is C22H26O4. The van der Waals surface area contributed by atoms with Gasteiger partial charge in [-0.05, 0) is 51.3 Å². The molecule has 0 saturated heterocycles. The van der Waals surface area contributed by atoms with E-state index in [9.17, 15) is 5.11 Å². The van der Waals surface area contributed by atoms with Gasteiger partial charge in [0.25, 0.3) is 0 Å². The van der Waals surface area contributed by atoms with Crippen molar-refractivity contribution in [1.82, 2.24) is 0 Å². The maximum Gasteiger partial charge on any atom is 0.129 e. The minimum absolute atomic E-state index is 0.154. The Balaban J connectivity index is 1.56. The molecule has 1 aliphatic carbocycles. The van der Waals surface area contributed by atoms with Gasteiger partial charge >= 0.3 is 0 Å². The molecule has 0 saturated carbocycles. The third-order valence-electron chi connectivity index (χ3n) is 5.22. The molecule has 2 heterocycles. The van der Waals surface area contributed by atoms with Crippen molar-refractivity contribution in [3.8, 4) is 11.5 Å². The number of hydrogen-bond donors (Lipinski definition) is 1. The molecule has 138 valence electrons. The van der Waals surface area contributed by atoms with Crippen LogP contribution in [0.5, 0.6) is 11.5 Å². The molecule has 0 amide bonds. The highest BCUT2D eigenvalue weighted by molar-refractivity contribution is 5.51. The van der Waals surface area contributed by atoms with E-state index in [4.69, 9.17) is 14.2 Å². The molecule has 1 N–H and O–H groups in total. The largest absolute Gasteiger partial charge is 0.508 e. The zero-order valence-corrected chi connectivity index (χ0v) is 15.7. The van der Waals surface area contributed by atoms with Crippen molar-refractivity contribution in [3.05, 3.63) is 58.6 Å². The zero-order chi connectivity index (χ0) is 18.3. The van der Waals surface area contributed by atoms with Crippen LogP contribution in [-0.4, -0.2) is 23.9 Å². The Morgan fingerprint density at radius 1 is 1.27 bits per heavy atom. The van der Waals surface area contributed by atoms with Gasteiger partial charge in [0.05, 0.1) is 18.8 Å². The van der Waals surface area contributed by atoms with Crippen molar-refractivity contribution in [2.75, 3.05) is 13.2 Å². The molecule has 3 aliphatic rings. The maximum atomic E-state index is 10.4. The Labute approximate surface area is 154 Å². The number of aromatic hydroxyl groups is 1. The fourth-order valence-electron chi connectivity index (χ4n) is 3.92. The number of fused-ring (bicyclic) bond motifs is 2. The molecule has 2 aliphatic heterocycles. The van der Waals surface area contributed by atoms with Gasteiger partial charge in [-0.2, -0.15) is 0 Å². The SMILES string of the molecule is CCOc1ccc([C@H]2COC3=C(CC=C4OC(C)(C)CC=C43)C2)c(O)c1. The van der Waals surface area contributed by atoms with Crippen LogP contribution in [0.4, 0.5) is 0 Å². The molecule has 0 spiro atoms. The zero-order valence-electron chi connectivity index (χ0n) is 15.7. The fraction of sp³-hybridized carbons (Fsp3) is 0.455. The number of rotatable bonds is 3. The van der Waals surface area contributed by atoms with Crippen LogP contribution in [0.3, 0.4) is 0 Å². The average Bonchev–Trinajstić information content (AvgIpc) is 2.60. The lowest BCUT2D eigenvalue weighted by atomic mass is 9.83. The van der Waals surface area contributed by atoms with Gasteiger partial charge in [-0.15, -0.1) is 0 Å². The summed E-state index contributed by atoms with van der Waals surface area (Å²) in [5.74, 6) is 3.06. The van der Waals surface area contributed by atoms with Gasteiger partial charge in [0.15, 0.2) is 0 Å². The van der Waals surface area contributed by atoms with Crippen LogP contribution in [0, 0.1) is 0 Å². The number of phenolic OH excluding ortho intramolecular Hbond substituents is 1. The molecule has 0 aromatic heterocycles. The second-order valence-corrected chi connectivity index (χ2v) is 7.75. The predicted octanol–water partition coefficient (Wildman–Crippen LogP) is 4.96. The minimum Gasteiger partial charge on any atom is -0.508 e. The Hall–Kier alpha value is -2.36. The molecule has 0 unspecified atom stereocenters. The van der Waals surface area contributed by atoms with Crippen LogP contribution >= 0.6 is 0 Å². The summed E-state index contributed by atoms with van der Waals surface area (Å²) in [7, 11) is 0. The van der Waals surface area contributed by atoms with Crippen LogP contribution in [-0.2, 0) is 9.47 Å². The molecule has 4 heteroatoms. The van der Waals surface area contributed by atoms with Crippen LogP contribution in [0.1, 0.15) is 51.5 Å². The highest BCUT2D eigenvalue weighted by Gasteiger charge is 2.35. The lowest BCUT2D eigenvalue weighted by Crippen LogP contribution is -2.30. The summed E-state index contributed by atoms with van der Waals surface area (Å²) < 4.78 is 17.7. The molecule has 4 nitrogen and oxygen atoms in total. The van der Waals surface area contributed by atoms with Gasteiger partial charge in [-0.3, -0.25) is 0 Å². The lowest BCUT2D eigenvalue weighted by Gasteiger charge is -2.38. The summed E-state index contributed by atoms with van der Waals surface area (Å²) in [6, 6.07) is 5.57. The van der Waals surface area contributed by atoms with Crippen molar-refractivity contribution in [2.45, 2.75) is 51.6 Å². The van der Waals surface area contributed by atoms with Crippen LogP contribution in [0.15, 0.2) is 53.0 Å². The van der Waals surface area contributed by atoms with E-state index in [0.29, 0.717) is 19.0 Å². The summed E-state index contributed by atoms with van der Waals surface area (Å²) in [4.78, 5) is 0. The number of benzene rings is 1. The van der Waals surface area contributed by atoms with Gasteiger partial charge in [-0.1, -0.05) is 12.1 Å². The molecule has 1 aromatic carbocycles. The highest BCUT2D eigenvalue weighted by atomic mass is 16.5. The Kier molecular flexibility index (Phi) is 4.22. The number of hydrogen-bond acceptors (Lipinski definition) is 4. The van der Waals surface area contributed by atoms with Crippen molar-refractivity contribution in [2.24, 2.45) is 0 Å². The van der Waals surface area contributed by atoms with Crippen LogP contribution < -0.4 is 4.74 Å². The standard InChI is InChI=1S/C22H26O4/c1-4-24-16-6-7-17(19(23)12-16)15-11-14-5-8-20-18(21(14)25-13-15)9-10-22(2,3)26-20/h6-9,12,15,23H,4-5,10-11,13H2,1-3H3/t15-/m1/s1. The van der Waals surface area contributed by atoms with E-state index in [1.54, 1.807) is 6.07 Å². The van der Waals surface area contributed by atoms with Gasteiger partial charge in [0.2, 0.25) is 0 Å². The van der Waals surface area contributed by atoms with E-state index < -0.39 is 0 Å². The van der Waals surface area contributed by atoms with E-state index >= 15 is 0 Å². The number of phenols is 1. The first-order chi connectivity index (χ1) is 12.5. The quantitative estimate of drug-likeness (QED) is 0.833. The van der Waals surface area contributed by atoms with E-state index in [2.05, 4.69) is 26.0 Å². The fourth-order valence-corrected chi connectivity index (χ4v) is 3.92. The molecule has 26 heavy (non-hydrogen) atoms. The molecule has 4 rings (SSSR count). The molecule has 1 aromatic rings. The van der Waals surface area contributed by atoms with Crippen LogP contribution in [0.25, 0.3) is 0 Å². The first-order valence-electron chi connectivity index (χ1n) is 9.37. The van der Waals surface area contributed by atoms with Crippen molar-refractivity contribution >= 4 is 0 Å². The van der Waals surface area contributed by atoms with Gasteiger partial charge < -0.3 is 19.3 Å². The first kappa shape index (κ1) is 17.1. The van der Waals surface area contributed by atoms with E-state index in [0.717, 1.165) is 41.9 Å². The predicted molar refractivity (Wildman–Crippen MR) is 100 cm³/mol. The average molecular weight is 354 g/mol. The Morgan fingerprint density at radius 2 is 2.12 bits per heavy atom. The van der Waals surface area contributed by atoms with Gasteiger partial charge in [0, 0.05) is 24.0 Å². The summed E-state index contributed by atoms with van der Waals surface area (Å²) in [5.41, 5.74) is 3.15. The summed E-state index contributed by atoms with van der Waals surface area (Å²) >= 11 is 0. The lowest BCUT2D eigenvalue weighted by molar-refractivity contribution is 0.0298. The molecule has 0 fully saturated rings. The van der Waals surface area contributed by atoms with Crippen molar-refractivity contribution in [1.29, 1.82) is 0 Å². The first-order valence-corrected chi connectivity index (χ1v) is 9.37. The minimum atomic E-state index is -0.154.